The second kappa shape index (κ2) is 8.75. The van der Waals surface area contributed by atoms with Crippen LogP contribution >= 0.6 is 0 Å². The van der Waals surface area contributed by atoms with Gasteiger partial charge in [0.15, 0.2) is 12.4 Å². The summed E-state index contributed by atoms with van der Waals surface area (Å²) in [4.78, 5) is 21.6. The van der Waals surface area contributed by atoms with Crippen LogP contribution in [0.5, 0.6) is 5.75 Å². The standard InChI is InChI=1S/C21H22N4O5S/c1-6-13-30-21(26)15-12-11-14(3)22-18(15)20-23-19-16(9-8-10-17(19)29-7-2)25(20)31(27,28)24(4)5/h1,8-12H,7,13H2,2-5H3. The Labute approximate surface area is 180 Å². The Bertz CT molecular complexity index is 1290. The van der Waals surface area contributed by atoms with Gasteiger partial charge in [0, 0.05) is 19.8 Å². The Morgan fingerprint density at radius 2 is 1.97 bits per heavy atom. The summed E-state index contributed by atoms with van der Waals surface area (Å²) in [6, 6.07) is 8.11. The maximum atomic E-state index is 13.2. The predicted octanol–water partition coefficient (Wildman–Crippen LogP) is 2.25. The largest absolute Gasteiger partial charge is 0.492 e. The highest BCUT2D eigenvalue weighted by molar-refractivity contribution is 7.87. The molecule has 0 unspecified atom stereocenters. The topological polar surface area (TPSA) is 104 Å². The first-order valence-corrected chi connectivity index (χ1v) is 10.8. The van der Waals surface area contributed by atoms with Gasteiger partial charge in [-0.1, -0.05) is 12.0 Å². The van der Waals surface area contributed by atoms with E-state index in [1.54, 1.807) is 31.2 Å². The summed E-state index contributed by atoms with van der Waals surface area (Å²) in [5.41, 5.74) is 1.29. The van der Waals surface area contributed by atoms with E-state index in [2.05, 4.69) is 15.9 Å². The molecule has 3 aromatic rings. The number of esters is 1. The molecule has 2 heterocycles. The molecule has 9 nitrogen and oxygen atoms in total. The summed E-state index contributed by atoms with van der Waals surface area (Å²) in [5, 5.41) is 0. The van der Waals surface area contributed by atoms with Crippen LogP contribution in [0.4, 0.5) is 0 Å². The number of nitrogens with zero attached hydrogens (tertiary/aromatic N) is 4. The molecule has 0 aliphatic heterocycles. The van der Waals surface area contributed by atoms with E-state index in [0.29, 0.717) is 29.1 Å². The summed E-state index contributed by atoms with van der Waals surface area (Å²) in [7, 11) is -1.22. The number of fused-ring (bicyclic) bond motifs is 1. The van der Waals surface area contributed by atoms with Gasteiger partial charge in [0.2, 0.25) is 0 Å². The third kappa shape index (κ3) is 4.10. The average molecular weight is 442 g/mol. The van der Waals surface area contributed by atoms with E-state index >= 15 is 0 Å². The molecule has 0 spiro atoms. The number of pyridine rings is 1. The zero-order valence-corrected chi connectivity index (χ0v) is 18.4. The zero-order chi connectivity index (χ0) is 22.8. The molecule has 162 valence electrons. The molecule has 0 fully saturated rings. The quantitative estimate of drug-likeness (QED) is 0.408. The van der Waals surface area contributed by atoms with Crippen molar-refractivity contribution < 1.29 is 22.7 Å². The lowest BCUT2D eigenvalue weighted by Gasteiger charge is -2.16. The number of hydrogen-bond donors (Lipinski definition) is 0. The fraction of sp³-hybridized carbons (Fsp3) is 0.286. The van der Waals surface area contributed by atoms with Gasteiger partial charge in [-0.3, -0.25) is 0 Å². The van der Waals surface area contributed by atoms with Crippen molar-refractivity contribution in [3.63, 3.8) is 0 Å². The maximum absolute atomic E-state index is 13.2. The smallest absolute Gasteiger partial charge is 0.341 e. The molecule has 0 aliphatic rings. The maximum Gasteiger partial charge on any atom is 0.341 e. The normalized spacial score (nSPS) is 11.5. The van der Waals surface area contributed by atoms with E-state index in [4.69, 9.17) is 15.9 Å². The Hall–Kier alpha value is -3.42. The van der Waals surface area contributed by atoms with Gasteiger partial charge in [-0.05, 0) is 38.1 Å². The Balaban J connectivity index is 2.41. The lowest BCUT2D eigenvalue weighted by Crippen LogP contribution is -2.29. The van der Waals surface area contributed by atoms with Gasteiger partial charge >= 0.3 is 16.2 Å². The zero-order valence-electron chi connectivity index (χ0n) is 17.6. The van der Waals surface area contributed by atoms with Crippen LogP contribution in [0.2, 0.25) is 0 Å². The van der Waals surface area contributed by atoms with Crippen LogP contribution in [0.25, 0.3) is 22.6 Å². The summed E-state index contributed by atoms with van der Waals surface area (Å²) < 4.78 is 39.3. The Morgan fingerprint density at radius 1 is 1.23 bits per heavy atom. The summed E-state index contributed by atoms with van der Waals surface area (Å²) >= 11 is 0. The number of carbonyl (C=O) groups excluding carboxylic acids is 1. The molecule has 3 rings (SSSR count). The average Bonchev–Trinajstić information content (AvgIpc) is 3.13. The van der Waals surface area contributed by atoms with E-state index in [1.165, 1.54) is 20.2 Å². The van der Waals surface area contributed by atoms with Crippen LogP contribution < -0.4 is 4.74 Å². The molecule has 0 atom stereocenters. The lowest BCUT2D eigenvalue weighted by molar-refractivity contribution is 0.0557. The fourth-order valence-corrected chi connectivity index (χ4v) is 4.02. The highest BCUT2D eigenvalue weighted by Crippen LogP contribution is 2.33. The van der Waals surface area contributed by atoms with E-state index in [1.807, 2.05) is 6.92 Å². The van der Waals surface area contributed by atoms with Crippen LogP contribution in [0, 0.1) is 19.3 Å². The highest BCUT2D eigenvalue weighted by atomic mass is 32.2. The SMILES string of the molecule is C#CCOC(=O)c1ccc(C)nc1-c1nc2c(OCC)cccc2n1S(=O)(=O)N(C)C. The third-order valence-corrected chi connectivity index (χ3v) is 6.11. The number of carbonyl (C=O) groups is 1. The molecule has 0 saturated heterocycles. The number of aromatic nitrogens is 3. The van der Waals surface area contributed by atoms with E-state index in [0.717, 1.165) is 8.28 Å². The van der Waals surface area contributed by atoms with Crippen molar-refractivity contribution in [1.82, 2.24) is 18.2 Å². The van der Waals surface area contributed by atoms with Crippen molar-refractivity contribution in [3.05, 3.63) is 41.6 Å². The van der Waals surface area contributed by atoms with Gasteiger partial charge < -0.3 is 9.47 Å². The molecule has 31 heavy (non-hydrogen) atoms. The van der Waals surface area contributed by atoms with Gasteiger partial charge in [0.25, 0.3) is 0 Å². The number of terminal acetylenes is 1. The van der Waals surface area contributed by atoms with Crippen LogP contribution in [-0.4, -0.2) is 59.9 Å². The van der Waals surface area contributed by atoms with Crippen molar-refractivity contribution in [2.75, 3.05) is 27.3 Å². The van der Waals surface area contributed by atoms with Crippen molar-refractivity contribution in [2.45, 2.75) is 13.8 Å². The van der Waals surface area contributed by atoms with Gasteiger partial charge in [-0.2, -0.15) is 12.7 Å². The molecule has 0 bridgehead atoms. The second-order valence-electron chi connectivity index (χ2n) is 6.68. The number of aryl methyl sites for hydroxylation is 1. The monoisotopic (exact) mass is 442 g/mol. The Morgan fingerprint density at radius 3 is 2.61 bits per heavy atom. The molecular weight excluding hydrogens is 420 g/mol. The first-order valence-electron chi connectivity index (χ1n) is 9.38. The van der Waals surface area contributed by atoms with E-state index in [9.17, 15) is 13.2 Å². The number of para-hydroxylation sites is 1. The summed E-state index contributed by atoms with van der Waals surface area (Å²) in [5.74, 6) is 1.88. The molecule has 0 N–H and O–H groups in total. The predicted molar refractivity (Wildman–Crippen MR) is 116 cm³/mol. The van der Waals surface area contributed by atoms with Crippen molar-refractivity contribution in [2.24, 2.45) is 0 Å². The minimum Gasteiger partial charge on any atom is -0.492 e. The summed E-state index contributed by atoms with van der Waals surface area (Å²) in [6.45, 7) is 3.68. The minimum atomic E-state index is -4.04. The number of ether oxygens (including phenoxy) is 2. The first kappa shape index (κ1) is 22.3. The van der Waals surface area contributed by atoms with E-state index < -0.39 is 16.2 Å². The minimum absolute atomic E-state index is 0.0350. The molecule has 0 aliphatic carbocycles. The fourth-order valence-electron chi connectivity index (χ4n) is 2.95. The van der Waals surface area contributed by atoms with Gasteiger partial charge in [-0.15, -0.1) is 6.42 Å². The van der Waals surface area contributed by atoms with Crippen molar-refractivity contribution in [1.29, 1.82) is 0 Å². The molecule has 0 saturated carbocycles. The van der Waals surface area contributed by atoms with E-state index in [-0.39, 0.29) is 23.7 Å². The molecule has 0 radical (unpaired) electrons. The first-order chi connectivity index (χ1) is 14.7. The van der Waals surface area contributed by atoms with Gasteiger partial charge in [0.05, 0.1) is 17.7 Å². The molecule has 1 aromatic carbocycles. The molecular formula is C21H22N4O5S. The van der Waals surface area contributed by atoms with Gasteiger partial charge in [-0.25, -0.2) is 18.7 Å². The Kier molecular flexibility index (Phi) is 6.29. The molecule has 2 aromatic heterocycles. The van der Waals surface area contributed by atoms with Gasteiger partial charge in [0.1, 0.15) is 17.0 Å². The molecule has 10 heteroatoms. The third-order valence-electron chi connectivity index (χ3n) is 4.35. The lowest BCUT2D eigenvalue weighted by atomic mass is 10.1. The number of benzene rings is 1. The number of hydrogen-bond acceptors (Lipinski definition) is 7. The van der Waals surface area contributed by atoms with Crippen LogP contribution in [0.15, 0.2) is 30.3 Å². The number of imidazole rings is 1. The van der Waals surface area contributed by atoms with Crippen molar-refractivity contribution in [3.8, 4) is 29.6 Å². The second-order valence-corrected chi connectivity index (χ2v) is 8.67. The highest BCUT2D eigenvalue weighted by Gasteiger charge is 2.30. The van der Waals surface area contributed by atoms with Crippen LogP contribution in [0.1, 0.15) is 23.0 Å². The number of rotatable bonds is 7. The van der Waals surface area contributed by atoms with Crippen molar-refractivity contribution >= 4 is 27.2 Å². The molecule has 0 amide bonds. The summed E-state index contributed by atoms with van der Waals surface area (Å²) in [6.07, 6.45) is 5.18. The van der Waals surface area contributed by atoms with Crippen LogP contribution in [-0.2, 0) is 14.9 Å². The van der Waals surface area contributed by atoms with Crippen LogP contribution in [0.3, 0.4) is 0 Å².